The minimum Gasteiger partial charge on any atom is -0.672 e. The number of nitrogens with one attached hydrogen (secondary N) is 7. The molecule has 0 heterocycles. The van der Waals surface area contributed by atoms with Gasteiger partial charge in [0.15, 0.2) is 6.61 Å². The van der Waals surface area contributed by atoms with Crippen LogP contribution in [0.2, 0.25) is 0 Å². The third-order valence-electron chi connectivity index (χ3n) is 17.5. The molecular weight excluding hydrogens is 1840 g/mol. The molecule has 0 aliphatic carbocycles. The van der Waals surface area contributed by atoms with Gasteiger partial charge in [-0.25, -0.2) is 68.7 Å². The van der Waals surface area contributed by atoms with E-state index in [1.807, 2.05) is 32.9 Å². The number of halogens is 23. The van der Waals surface area contributed by atoms with Crippen LogP contribution < -0.4 is 14.2 Å². The van der Waals surface area contributed by atoms with E-state index >= 15 is 0 Å². The summed E-state index contributed by atoms with van der Waals surface area (Å²) in [5.41, 5.74) is 46.1. The Morgan fingerprint density at radius 1 is 0.284 bits per heavy atom. The maximum atomic E-state index is 13.3. The molecule has 0 aliphatic rings. The van der Waals surface area contributed by atoms with Gasteiger partial charge in [0, 0.05) is 5.39 Å². The van der Waals surface area contributed by atoms with E-state index in [0.717, 1.165) is 39.2 Å². The first-order valence-electron chi connectivity index (χ1n) is 38.3. The minimum atomic E-state index is -5.48. The van der Waals surface area contributed by atoms with E-state index in [0.29, 0.717) is 16.2 Å². The predicted molar refractivity (Wildman–Crippen MR) is 446 cm³/mol. The number of fused-ring (bicyclic) bond motifs is 4. The molecule has 0 spiro atoms. The van der Waals surface area contributed by atoms with Crippen LogP contribution >= 0.6 is 0 Å². The molecule has 0 aliphatic heterocycles. The lowest BCUT2D eigenvalue weighted by Crippen LogP contribution is -2.49. The van der Waals surface area contributed by atoms with Crippen LogP contribution in [0.5, 0.6) is 17.2 Å². The minimum absolute atomic E-state index is 0.0480. The quantitative estimate of drug-likeness (QED) is 0.0222. The molecule has 724 valence electrons. The SMILES string of the molecule is CC(C)(C)c1ccc(OC(=O)C(F)(F)C[NH-])cc1.[NH-]CC(F)(F)C(=O)Oc1ccc2ccccc2c1.[NH-]CC(F)(F)C(=O)Oc1cccc2ccccc12.[NH-]CC(F)(F)C(OC(=O)c1ccc2ccccc2c1)C(F)(F)F.[NH-]CC(F)(F)C(OC(=O)c1cccc2ccccc12)C(F)(F)F.[NH-]CC(F)(F)C(OC(=O)c1ccccc1)C(F)(F)F.[NH-]CC(F)(F)COC(=O)c1ccccc1. The molecule has 21 nitrogen and oxygen atoms in total. The van der Waals surface area contributed by atoms with Gasteiger partial charge in [0.05, 0.1) is 22.3 Å². The lowest BCUT2D eigenvalue weighted by atomic mass is 9.87. The fourth-order valence-electron chi connectivity index (χ4n) is 10.4. The lowest BCUT2D eigenvalue weighted by molar-refractivity contribution is -0.264. The van der Waals surface area contributed by atoms with Gasteiger partial charge in [0.2, 0.25) is 0 Å². The van der Waals surface area contributed by atoms with Crippen LogP contribution in [0, 0.1) is 0 Å². The zero-order valence-corrected chi connectivity index (χ0v) is 69.5. The number of esters is 7. The third kappa shape index (κ3) is 33.5. The number of ether oxygens (including phenoxy) is 7. The molecule has 11 aromatic rings. The van der Waals surface area contributed by atoms with Crippen molar-refractivity contribution in [3.05, 3.63) is 323 Å². The number of carbonyl (C=O) groups is 7. The summed E-state index contributed by atoms with van der Waals surface area (Å²) in [4.78, 5) is 79.7. The summed E-state index contributed by atoms with van der Waals surface area (Å²) in [6.07, 6.45) is -27.4. The van der Waals surface area contributed by atoms with Crippen molar-refractivity contribution in [1.82, 2.24) is 0 Å². The summed E-state index contributed by atoms with van der Waals surface area (Å²) >= 11 is 0. The van der Waals surface area contributed by atoms with Gasteiger partial charge in [-0.3, -0.25) is 0 Å². The fourth-order valence-corrected chi connectivity index (χ4v) is 10.4. The van der Waals surface area contributed by atoms with E-state index in [1.165, 1.54) is 97.1 Å². The highest BCUT2D eigenvalue weighted by Gasteiger charge is 2.59. The number of rotatable bonds is 25. The average Bonchev–Trinajstić information content (AvgIpc) is 0.788. The Bertz CT molecular complexity index is 5680. The molecule has 0 aromatic heterocycles. The predicted octanol–water partition coefficient (Wildman–Crippen LogP) is 25.7. The molecule has 11 rings (SSSR count). The van der Waals surface area contributed by atoms with E-state index in [2.05, 4.69) is 33.2 Å². The molecule has 44 heteroatoms. The van der Waals surface area contributed by atoms with Crippen LogP contribution in [0.25, 0.3) is 83.2 Å². The number of carbonyl (C=O) groups excluding carboxylic acids is 7. The monoisotopic (exact) mass is 1920 g/mol. The molecule has 3 atom stereocenters. The zero-order chi connectivity index (χ0) is 101. The second-order valence-corrected chi connectivity index (χ2v) is 28.8. The van der Waals surface area contributed by atoms with Gasteiger partial charge in [-0.1, -0.05) is 249 Å². The van der Waals surface area contributed by atoms with Gasteiger partial charge >= 0.3 is 78.1 Å². The van der Waals surface area contributed by atoms with Crippen LogP contribution in [0.4, 0.5) is 101 Å². The van der Waals surface area contributed by atoms with Gasteiger partial charge in [-0.05, 0) is 121 Å². The third-order valence-corrected chi connectivity index (χ3v) is 17.5. The Morgan fingerprint density at radius 2 is 0.612 bits per heavy atom. The Balaban J connectivity index is 0.000000277. The Kier molecular flexibility index (Phi) is 39.9. The highest BCUT2D eigenvalue weighted by atomic mass is 19.4. The molecule has 0 bridgehead atoms. The molecule has 7 N–H and O–H groups in total. The Hall–Kier alpha value is -13.1. The average molecular weight is 1920 g/mol. The van der Waals surface area contributed by atoms with Gasteiger partial charge in [0.25, 0.3) is 42.0 Å². The first-order chi connectivity index (χ1) is 62.3. The summed E-state index contributed by atoms with van der Waals surface area (Å²) in [6.45, 7) is -5.57. The van der Waals surface area contributed by atoms with Gasteiger partial charge in [0.1, 0.15) is 17.2 Å². The van der Waals surface area contributed by atoms with E-state index in [-0.39, 0.29) is 50.3 Å². The molecule has 3 unspecified atom stereocenters. The standard InChI is InChI=1S/2C15H11F5NO2.2C13H10F2NO2.C13H16F2NO2.C11H9F5NO2.C10H10F2NO2/c16-14(17,8-21)13(15(18,19)20)23-12(22)11-7-3-5-9-4-1-2-6-10(9)11;16-14(17,8-21)13(15(18,19)20)23-12(22)11-6-5-9-3-1-2-4-10(9)7-11;14-13(15,8-16)12(17)18-11-7-3-5-9-4-1-2-6-10(9)11;14-13(15,8-16)12(17)18-11-6-5-9-3-1-2-4-10(9)7-11;1-12(2,3)9-4-6-10(7-5-9)18-11(17)13(14,15)8-16;12-10(13,6-17)9(11(14,15)16)19-8(18)7-4-2-1-3-5-7;11-10(12,6-13)7-15-9(14)8-4-2-1-3-5-8/h2*1-7,13,21H,8H2;2*1-7,16H,8H2;4-7,16H,8H2,1-3H3;1-5,9,17H,6H2;1-5,13H,6-7H2/q7*-1. The van der Waals surface area contributed by atoms with Crippen LogP contribution in [-0.4, -0.2) is 173 Å². The van der Waals surface area contributed by atoms with Gasteiger partial charge in [-0.15, -0.1) is 0 Å². The molecule has 0 amide bonds. The van der Waals surface area contributed by atoms with Gasteiger partial charge in [-0.2, -0.15) is 65.9 Å². The fraction of sp³-hybridized carbons (Fsp3) is 0.278. The zero-order valence-electron chi connectivity index (χ0n) is 69.5. The summed E-state index contributed by atoms with van der Waals surface area (Å²) in [6, 6.07) is 65.6. The first-order valence-corrected chi connectivity index (χ1v) is 38.3. The van der Waals surface area contributed by atoms with Crippen molar-refractivity contribution in [3.8, 4) is 17.2 Å². The normalized spacial score (nSPS) is 12.7. The highest BCUT2D eigenvalue weighted by Crippen LogP contribution is 2.40. The number of benzene rings is 11. The summed E-state index contributed by atoms with van der Waals surface area (Å²) in [5.74, 6) is -38.4. The van der Waals surface area contributed by atoms with Crippen molar-refractivity contribution < 1.29 is 168 Å². The van der Waals surface area contributed by atoms with Crippen molar-refractivity contribution in [2.75, 3.05) is 52.4 Å². The Labute approximate surface area is 746 Å². The lowest BCUT2D eigenvalue weighted by Gasteiger charge is -2.29. The second kappa shape index (κ2) is 48.0. The summed E-state index contributed by atoms with van der Waals surface area (Å²) in [7, 11) is 0. The largest absolute Gasteiger partial charge is 0.672 e. The van der Waals surface area contributed by atoms with E-state index < -0.39 is 173 Å². The van der Waals surface area contributed by atoms with Crippen molar-refractivity contribution >= 4 is 84.9 Å². The summed E-state index contributed by atoms with van der Waals surface area (Å²) < 4.78 is 325. The smallest absolute Gasteiger partial charge is 0.431 e. The first kappa shape index (κ1) is 111. The van der Waals surface area contributed by atoms with E-state index in [4.69, 9.17) is 40.1 Å². The van der Waals surface area contributed by atoms with Crippen molar-refractivity contribution in [2.45, 2.75) is 104 Å². The van der Waals surface area contributed by atoms with E-state index in [1.54, 1.807) is 133 Å². The molecule has 0 saturated carbocycles. The maximum absolute atomic E-state index is 13.3. The van der Waals surface area contributed by atoms with Crippen LogP contribution in [0.15, 0.2) is 255 Å². The molecular formula is C90H77F23N7O14-7. The summed E-state index contributed by atoms with van der Waals surface area (Å²) in [5, 5.41) is 5.20. The van der Waals surface area contributed by atoms with Crippen molar-refractivity contribution in [2.24, 2.45) is 0 Å². The number of hydrogen-bond acceptors (Lipinski definition) is 14. The van der Waals surface area contributed by atoms with Crippen LogP contribution in [0.3, 0.4) is 0 Å². The molecule has 11 aromatic carbocycles. The van der Waals surface area contributed by atoms with Crippen molar-refractivity contribution in [1.29, 1.82) is 0 Å². The molecule has 0 saturated heterocycles. The number of alkyl halides is 23. The van der Waals surface area contributed by atoms with Crippen LogP contribution in [0.1, 0.15) is 67.8 Å². The second-order valence-electron chi connectivity index (χ2n) is 28.8. The molecule has 0 radical (unpaired) electrons. The van der Waals surface area contributed by atoms with Gasteiger partial charge < -0.3 is 73.3 Å². The number of hydrogen-bond donors (Lipinski definition) is 0. The topological polar surface area (TPSA) is 351 Å². The maximum Gasteiger partial charge on any atom is 0.431 e. The molecule has 134 heavy (non-hydrogen) atoms. The highest BCUT2D eigenvalue weighted by molar-refractivity contribution is 6.05. The Morgan fingerprint density at radius 3 is 1.02 bits per heavy atom. The van der Waals surface area contributed by atoms with Crippen molar-refractivity contribution in [3.63, 3.8) is 0 Å². The molecule has 0 fully saturated rings. The van der Waals surface area contributed by atoms with Crippen LogP contribution in [-0.2, 0) is 38.7 Å². The van der Waals surface area contributed by atoms with E-state index in [9.17, 15) is 135 Å².